The average molecular weight is 371 g/mol. The molecule has 3 rings (SSSR count). The molecule has 0 aromatic heterocycles. The average Bonchev–Trinajstić information content (AvgIpc) is 2.88. The molecule has 0 atom stereocenters. The first-order valence-corrected chi connectivity index (χ1v) is 8.99. The Morgan fingerprint density at radius 3 is 2.44 bits per heavy atom. The highest BCUT2D eigenvalue weighted by atomic mass is 32.2. The SMILES string of the molecule is CN1C(=O)C(=Cc2ccccc2OCCOc2ccccc2)SC1=S. The van der Waals surface area contributed by atoms with E-state index in [4.69, 9.17) is 21.7 Å². The monoisotopic (exact) mass is 371 g/mol. The molecule has 1 saturated heterocycles. The molecule has 1 fully saturated rings. The highest BCUT2D eigenvalue weighted by Crippen LogP contribution is 2.33. The molecule has 1 amide bonds. The number of para-hydroxylation sites is 2. The predicted molar refractivity (Wildman–Crippen MR) is 105 cm³/mol. The van der Waals surface area contributed by atoms with Gasteiger partial charge in [-0.1, -0.05) is 60.4 Å². The second-order valence-corrected chi connectivity index (χ2v) is 6.96. The van der Waals surface area contributed by atoms with Crippen molar-refractivity contribution in [1.29, 1.82) is 0 Å². The quantitative estimate of drug-likeness (QED) is 0.436. The molecule has 0 radical (unpaired) electrons. The summed E-state index contributed by atoms with van der Waals surface area (Å²) < 4.78 is 12.0. The molecule has 0 unspecified atom stereocenters. The Hall–Kier alpha value is -2.31. The second-order valence-electron chi connectivity index (χ2n) is 5.29. The summed E-state index contributed by atoms with van der Waals surface area (Å²) in [6, 6.07) is 17.2. The second kappa shape index (κ2) is 8.18. The molecule has 128 valence electrons. The van der Waals surface area contributed by atoms with E-state index in [0.717, 1.165) is 11.3 Å². The maximum absolute atomic E-state index is 12.1. The van der Waals surface area contributed by atoms with E-state index < -0.39 is 0 Å². The molecule has 0 bridgehead atoms. The number of thioether (sulfide) groups is 1. The third-order valence-electron chi connectivity index (χ3n) is 3.54. The summed E-state index contributed by atoms with van der Waals surface area (Å²) in [6.45, 7) is 0.851. The molecule has 2 aromatic carbocycles. The third kappa shape index (κ3) is 4.41. The molecular formula is C19H17NO3S2. The zero-order valence-corrected chi connectivity index (χ0v) is 15.3. The van der Waals surface area contributed by atoms with Crippen LogP contribution in [0.3, 0.4) is 0 Å². The standard InChI is InChI=1S/C19H17NO3S2/c1-20-18(21)17(25-19(20)24)13-14-7-5-6-10-16(14)23-12-11-22-15-8-3-2-4-9-15/h2-10,13H,11-12H2,1H3. The van der Waals surface area contributed by atoms with Crippen LogP contribution in [0.2, 0.25) is 0 Å². The van der Waals surface area contributed by atoms with Gasteiger partial charge in [0.15, 0.2) is 0 Å². The van der Waals surface area contributed by atoms with Crippen molar-refractivity contribution in [3.8, 4) is 11.5 Å². The van der Waals surface area contributed by atoms with Crippen LogP contribution in [-0.4, -0.2) is 35.4 Å². The lowest BCUT2D eigenvalue weighted by Crippen LogP contribution is -2.22. The lowest BCUT2D eigenvalue weighted by Gasteiger charge is -2.10. The van der Waals surface area contributed by atoms with Gasteiger partial charge in [-0.25, -0.2) is 0 Å². The van der Waals surface area contributed by atoms with Gasteiger partial charge in [0, 0.05) is 12.6 Å². The number of carbonyl (C=O) groups excluding carboxylic acids is 1. The minimum absolute atomic E-state index is 0.0859. The Labute approximate surface area is 156 Å². The fourth-order valence-corrected chi connectivity index (χ4v) is 3.42. The molecule has 0 N–H and O–H groups in total. The number of hydrogen-bond donors (Lipinski definition) is 0. The Morgan fingerprint density at radius 2 is 1.72 bits per heavy atom. The maximum Gasteiger partial charge on any atom is 0.265 e. The molecule has 0 saturated carbocycles. The Bertz CT molecular complexity index is 805. The van der Waals surface area contributed by atoms with Gasteiger partial charge in [-0.2, -0.15) is 0 Å². The van der Waals surface area contributed by atoms with Crippen LogP contribution in [0, 0.1) is 0 Å². The number of rotatable bonds is 6. The van der Waals surface area contributed by atoms with Crippen molar-refractivity contribution in [1.82, 2.24) is 4.90 Å². The summed E-state index contributed by atoms with van der Waals surface area (Å²) in [7, 11) is 1.68. The number of nitrogens with zero attached hydrogens (tertiary/aromatic N) is 1. The molecule has 0 aliphatic carbocycles. The largest absolute Gasteiger partial charge is 0.490 e. The van der Waals surface area contributed by atoms with Crippen LogP contribution >= 0.6 is 24.0 Å². The number of amides is 1. The van der Waals surface area contributed by atoms with Gasteiger partial charge >= 0.3 is 0 Å². The van der Waals surface area contributed by atoms with E-state index in [9.17, 15) is 4.79 Å². The van der Waals surface area contributed by atoms with Crippen LogP contribution in [-0.2, 0) is 4.79 Å². The first-order valence-electron chi connectivity index (χ1n) is 7.76. The number of carbonyl (C=O) groups is 1. The lowest BCUT2D eigenvalue weighted by atomic mass is 10.2. The van der Waals surface area contributed by atoms with Crippen molar-refractivity contribution in [2.75, 3.05) is 20.3 Å². The minimum atomic E-state index is -0.0859. The van der Waals surface area contributed by atoms with Crippen molar-refractivity contribution in [2.24, 2.45) is 0 Å². The molecular weight excluding hydrogens is 354 g/mol. The van der Waals surface area contributed by atoms with Gasteiger partial charge in [0.1, 0.15) is 29.0 Å². The Kier molecular flexibility index (Phi) is 5.73. The molecule has 1 heterocycles. The predicted octanol–water partition coefficient (Wildman–Crippen LogP) is 3.98. The third-order valence-corrected chi connectivity index (χ3v) is 5.03. The number of likely N-dealkylation sites (N-methyl/N-ethyl adjacent to an activating group) is 1. The van der Waals surface area contributed by atoms with Crippen molar-refractivity contribution >= 4 is 40.3 Å². The van der Waals surface area contributed by atoms with E-state index >= 15 is 0 Å². The summed E-state index contributed by atoms with van der Waals surface area (Å²) in [5.74, 6) is 1.43. The Balaban J connectivity index is 1.63. The fraction of sp³-hybridized carbons (Fsp3) is 0.158. The number of hydrogen-bond acceptors (Lipinski definition) is 5. The van der Waals surface area contributed by atoms with Gasteiger partial charge < -0.3 is 9.47 Å². The normalized spacial score (nSPS) is 15.7. The molecule has 6 heteroatoms. The van der Waals surface area contributed by atoms with E-state index in [0.29, 0.717) is 28.2 Å². The van der Waals surface area contributed by atoms with Crippen molar-refractivity contribution in [3.63, 3.8) is 0 Å². The van der Waals surface area contributed by atoms with E-state index in [1.807, 2.05) is 60.7 Å². The van der Waals surface area contributed by atoms with Crippen LogP contribution in [0.25, 0.3) is 6.08 Å². The van der Waals surface area contributed by atoms with Crippen LogP contribution in [0.4, 0.5) is 0 Å². The van der Waals surface area contributed by atoms with Gasteiger partial charge in [0.05, 0.1) is 4.91 Å². The molecule has 1 aliphatic heterocycles. The minimum Gasteiger partial charge on any atom is -0.490 e. The topological polar surface area (TPSA) is 38.8 Å². The molecule has 1 aliphatic rings. The van der Waals surface area contributed by atoms with Crippen LogP contribution in [0.1, 0.15) is 5.56 Å². The highest BCUT2D eigenvalue weighted by molar-refractivity contribution is 8.26. The first kappa shape index (κ1) is 17.5. The molecule has 2 aromatic rings. The zero-order valence-electron chi connectivity index (χ0n) is 13.7. The maximum atomic E-state index is 12.1. The Morgan fingerprint density at radius 1 is 1.04 bits per heavy atom. The van der Waals surface area contributed by atoms with Gasteiger partial charge in [-0.3, -0.25) is 9.69 Å². The van der Waals surface area contributed by atoms with Crippen LogP contribution in [0.5, 0.6) is 11.5 Å². The van der Waals surface area contributed by atoms with E-state index in [2.05, 4.69) is 0 Å². The van der Waals surface area contributed by atoms with Gasteiger partial charge in [0.2, 0.25) is 0 Å². The van der Waals surface area contributed by atoms with Crippen molar-refractivity contribution in [3.05, 3.63) is 65.1 Å². The molecule has 25 heavy (non-hydrogen) atoms. The summed E-state index contributed by atoms with van der Waals surface area (Å²) in [4.78, 5) is 14.2. The van der Waals surface area contributed by atoms with Crippen molar-refractivity contribution in [2.45, 2.75) is 0 Å². The molecule has 4 nitrogen and oxygen atoms in total. The van der Waals surface area contributed by atoms with E-state index in [1.165, 1.54) is 16.7 Å². The van der Waals surface area contributed by atoms with E-state index in [1.54, 1.807) is 7.05 Å². The van der Waals surface area contributed by atoms with Gasteiger partial charge in [-0.05, 0) is 24.3 Å². The number of thiocarbonyl (C=S) groups is 1. The summed E-state index contributed by atoms with van der Waals surface area (Å²) in [5.41, 5.74) is 0.844. The van der Waals surface area contributed by atoms with E-state index in [-0.39, 0.29) is 5.91 Å². The zero-order chi connectivity index (χ0) is 17.6. The number of ether oxygens (including phenoxy) is 2. The van der Waals surface area contributed by atoms with Crippen LogP contribution in [0.15, 0.2) is 59.5 Å². The van der Waals surface area contributed by atoms with Crippen LogP contribution < -0.4 is 9.47 Å². The highest BCUT2D eigenvalue weighted by Gasteiger charge is 2.28. The number of benzene rings is 2. The summed E-state index contributed by atoms with van der Waals surface area (Å²) in [6.07, 6.45) is 1.82. The fourth-order valence-electron chi connectivity index (χ4n) is 2.25. The smallest absolute Gasteiger partial charge is 0.265 e. The van der Waals surface area contributed by atoms with Crippen molar-refractivity contribution < 1.29 is 14.3 Å². The summed E-state index contributed by atoms with van der Waals surface area (Å²) >= 11 is 6.46. The van der Waals surface area contributed by atoms with Gasteiger partial charge in [0.25, 0.3) is 5.91 Å². The summed E-state index contributed by atoms with van der Waals surface area (Å²) in [5, 5.41) is 0. The lowest BCUT2D eigenvalue weighted by molar-refractivity contribution is -0.121. The molecule has 0 spiro atoms. The first-order chi connectivity index (χ1) is 12.1. The van der Waals surface area contributed by atoms with Gasteiger partial charge in [-0.15, -0.1) is 0 Å².